The number of amides is 2. The van der Waals surface area contributed by atoms with E-state index in [4.69, 9.17) is 11.6 Å². The van der Waals surface area contributed by atoms with E-state index in [1.54, 1.807) is 47.4 Å². The number of halogens is 2. The summed E-state index contributed by atoms with van der Waals surface area (Å²) in [7, 11) is 0. The Labute approximate surface area is 228 Å². The summed E-state index contributed by atoms with van der Waals surface area (Å²) >= 11 is 6.04. The van der Waals surface area contributed by atoms with Crippen molar-refractivity contribution < 1.29 is 19.1 Å². The molecule has 38 heavy (non-hydrogen) atoms. The zero-order chi connectivity index (χ0) is 27.7. The summed E-state index contributed by atoms with van der Waals surface area (Å²) in [6, 6.07) is 19.6. The van der Waals surface area contributed by atoms with E-state index in [1.165, 1.54) is 12.1 Å². The van der Waals surface area contributed by atoms with Crippen molar-refractivity contribution in [3.8, 4) is 11.1 Å². The fourth-order valence-corrected chi connectivity index (χ4v) is 5.31. The van der Waals surface area contributed by atoms with Crippen LogP contribution in [0.5, 0.6) is 0 Å². The molecule has 3 aromatic carbocycles. The summed E-state index contributed by atoms with van der Waals surface area (Å²) in [6.07, 6.45) is 0.367. The molecule has 5 nitrogen and oxygen atoms in total. The van der Waals surface area contributed by atoms with Crippen LogP contribution in [0, 0.1) is 17.2 Å². The van der Waals surface area contributed by atoms with Gasteiger partial charge in [0.2, 0.25) is 5.91 Å². The molecule has 4 rings (SSSR count). The minimum atomic E-state index is -1.12. The molecule has 0 bridgehead atoms. The van der Waals surface area contributed by atoms with Crippen molar-refractivity contribution in [2.75, 3.05) is 13.1 Å². The van der Waals surface area contributed by atoms with Crippen LogP contribution in [0.4, 0.5) is 4.39 Å². The molecule has 1 aliphatic rings. The molecule has 0 aliphatic carbocycles. The van der Waals surface area contributed by atoms with Gasteiger partial charge < -0.3 is 15.3 Å². The maximum absolute atomic E-state index is 13.7. The lowest BCUT2D eigenvalue weighted by Crippen LogP contribution is -2.60. The van der Waals surface area contributed by atoms with E-state index >= 15 is 0 Å². The Morgan fingerprint density at radius 2 is 1.66 bits per heavy atom. The molecule has 1 aliphatic heterocycles. The number of hydrogen-bond acceptors (Lipinski definition) is 3. The van der Waals surface area contributed by atoms with Gasteiger partial charge in [-0.3, -0.25) is 9.59 Å². The lowest BCUT2D eigenvalue weighted by molar-refractivity contribution is -0.155. The summed E-state index contributed by atoms with van der Waals surface area (Å²) in [5.74, 6) is -0.996. The normalized spacial score (nSPS) is 19.7. The largest absolute Gasteiger partial charge is 0.384 e. The predicted octanol–water partition coefficient (Wildman–Crippen LogP) is 6.05. The Morgan fingerprint density at radius 3 is 2.26 bits per heavy atom. The van der Waals surface area contributed by atoms with Crippen LogP contribution >= 0.6 is 11.6 Å². The first-order chi connectivity index (χ1) is 17.9. The van der Waals surface area contributed by atoms with Crippen LogP contribution in [0.3, 0.4) is 0 Å². The highest BCUT2D eigenvalue weighted by Gasteiger charge is 2.50. The summed E-state index contributed by atoms with van der Waals surface area (Å²) in [6.45, 7) is 8.40. The van der Waals surface area contributed by atoms with Gasteiger partial charge in [0.1, 0.15) is 11.9 Å². The molecule has 0 spiro atoms. The maximum Gasteiger partial charge on any atom is 0.251 e. The standard InChI is InChI=1S/C31H34ClFN2O3/c1-20(2)27(34-28(36)23-7-5-6-22(18-23)21-8-14-26(33)15-9-21)29(37)35-17-16-31(38,30(3,4)19-35)24-10-12-25(32)13-11-24/h5-15,18,20,27,38H,16-17,19H2,1-4H3,(H,34,36)/t27-,31+/m1/s1. The van der Waals surface area contributed by atoms with Gasteiger partial charge >= 0.3 is 0 Å². The van der Waals surface area contributed by atoms with E-state index in [9.17, 15) is 19.1 Å². The third-order valence-electron chi connectivity index (χ3n) is 7.60. The van der Waals surface area contributed by atoms with Crippen molar-refractivity contribution in [3.63, 3.8) is 0 Å². The molecule has 0 radical (unpaired) electrons. The SMILES string of the molecule is CC(C)[C@@H](NC(=O)c1cccc(-c2ccc(F)cc2)c1)C(=O)N1CC[C@](O)(c2ccc(Cl)cc2)C(C)(C)C1. The summed E-state index contributed by atoms with van der Waals surface area (Å²) in [5, 5.41) is 15.2. The summed E-state index contributed by atoms with van der Waals surface area (Å²) < 4.78 is 13.3. The van der Waals surface area contributed by atoms with Crippen LogP contribution < -0.4 is 5.32 Å². The lowest BCUT2D eigenvalue weighted by atomic mass is 9.66. The second kappa shape index (κ2) is 10.9. The Balaban J connectivity index is 1.50. The molecule has 0 saturated carbocycles. The van der Waals surface area contributed by atoms with Gasteiger partial charge in [-0.25, -0.2) is 4.39 Å². The molecule has 2 N–H and O–H groups in total. The van der Waals surface area contributed by atoms with Crippen molar-refractivity contribution in [3.05, 3.63) is 94.8 Å². The lowest BCUT2D eigenvalue weighted by Gasteiger charge is -2.51. The van der Waals surface area contributed by atoms with Gasteiger partial charge in [-0.2, -0.15) is 0 Å². The molecular formula is C31H34ClFN2O3. The number of benzene rings is 3. The van der Waals surface area contributed by atoms with Crippen molar-refractivity contribution in [2.24, 2.45) is 11.3 Å². The Hall–Kier alpha value is -3.22. The van der Waals surface area contributed by atoms with Crippen molar-refractivity contribution in [2.45, 2.75) is 45.8 Å². The number of piperidine rings is 1. The van der Waals surface area contributed by atoms with E-state index in [-0.39, 0.29) is 23.5 Å². The molecule has 1 fully saturated rings. The van der Waals surface area contributed by atoms with Crippen LogP contribution in [0.1, 0.15) is 50.0 Å². The van der Waals surface area contributed by atoms with Gasteiger partial charge in [0, 0.05) is 29.1 Å². The number of likely N-dealkylation sites (tertiary alicyclic amines) is 1. The second-order valence-corrected chi connectivity index (χ2v) is 11.5. The Kier molecular flexibility index (Phi) is 7.96. The highest BCUT2D eigenvalue weighted by molar-refractivity contribution is 6.30. The molecule has 3 aromatic rings. The number of carbonyl (C=O) groups is 2. The highest BCUT2D eigenvalue weighted by atomic mass is 35.5. The smallest absolute Gasteiger partial charge is 0.251 e. The first kappa shape index (κ1) is 27.8. The highest BCUT2D eigenvalue weighted by Crippen LogP contribution is 2.46. The second-order valence-electron chi connectivity index (χ2n) is 11.0. The molecule has 7 heteroatoms. The molecular weight excluding hydrogens is 503 g/mol. The van der Waals surface area contributed by atoms with Gasteiger partial charge in [-0.1, -0.05) is 75.7 Å². The number of carbonyl (C=O) groups excluding carboxylic acids is 2. The average Bonchev–Trinajstić information content (AvgIpc) is 2.89. The first-order valence-corrected chi connectivity index (χ1v) is 13.2. The molecule has 1 saturated heterocycles. The van der Waals surface area contributed by atoms with E-state index in [0.29, 0.717) is 30.1 Å². The van der Waals surface area contributed by atoms with Crippen LogP contribution in [0.25, 0.3) is 11.1 Å². The van der Waals surface area contributed by atoms with E-state index in [1.807, 2.05) is 45.9 Å². The number of aliphatic hydroxyl groups is 1. The third-order valence-corrected chi connectivity index (χ3v) is 7.86. The molecule has 0 aromatic heterocycles. The molecule has 1 heterocycles. The monoisotopic (exact) mass is 536 g/mol. The fourth-order valence-electron chi connectivity index (χ4n) is 5.19. The predicted molar refractivity (Wildman–Crippen MR) is 148 cm³/mol. The van der Waals surface area contributed by atoms with E-state index in [2.05, 4.69) is 5.32 Å². The molecule has 2 atom stereocenters. The first-order valence-electron chi connectivity index (χ1n) is 12.9. The fraction of sp³-hybridized carbons (Fsp3) is 0.355. The van der Waals surface area contributed by atoms with Gasteiger partial charge in [-0.05, 0) is 65.4 Å². The summed E-state index contributed by atoms with van der Waals surface area (Å²) in [5.41, 5.74) is 1.01. The number of nitrogens with zero attached hydrogens (tertiary/aromatic N) is 1. The van der Waals surface area contributed by atoms with Gasteiger partial charge in [0.25, 0.3) is 5.91 Å². The van der Waals surface area contributed by atoms with E-state index < -0.39 is 17.1 Å². The third kappa shape index (κ3) is 5.62. The molecule has 200 valence electrons. The maximum atomic E-state index is 13.7. The molecule has 0 unspecified atom stereocenters. The van der Waals surface area contributed by atoms with Gasteiger partial charge in [0.15, 0.2) is 0 Å². The average molecular weight is 537 g/mol. The summed E-state index contributed by atoms with van der Waals surface area (Å²) in [4.78, 5) is 28.7. The number of hydrogen-bond donors (Lipinski definition) is 2. The van der Waals surface area contributed by atoms with Crippen molar-refractivity contribution in [1.29, 1.82) is 0 Å². The van der Waals surface area contributed by atoms with Crippen LogP contribution in [-0.4, -0.2) is 41.0 Å². The minimum Gasteiger partial charge on any atom is -0.384 e. The van der Waals surface area contributed by atoms with Crippen LogP contribution in [0.2, 0.25) is 5.02 Å². The number of nitrogens with one attached hydrogen (secondary N) is 1. The zero-order valence-electron chi connectivity index (χ0n) is 22.2. The quantitative estimate of drug-likeness (QED) is 0.403. The van der Waals surface area contributed by atoms with E-state index in [0.717, 1.165) is 16.7 Å². The van der Waals surface area contributed by atoms with Crippen molar-refractivity contribution >= 4 is 23.4 Å². The van der Waals surface area contributed by atoms with Crippen LogP contribution in [-0.2, 0) is 10.4 Å². The topological polar surface area (TPSA) is 69.6 Å². The zero-order valence-corrected chi connectivity index (χ0v) is 22.9. The van der Waals surface area contributed by atoms with Crippen LogP contribution in [0.15, 0.2) is 72.8 Å². The molecule has 2 amide bonds. The minimum absolute atomic E-state index is 0.146. The Morgan fingerprint density at radius 1 is 1.00 bits per heavy atom. The number of rotatable bonds is 6. The van der Waals surface area contributed by atoms with Gasteiger partial charge in [0.05, 0.1) is 5.60 Å². The Bertz CT molecular complexity index is 1310. The van der Waals surface area contributed by atoms with Crippen molar-refractivity contribution in [1.82, 2.24) is 10.2 Å². The van der Waals surface area contributed by atoms with Gasteiger partial charge in [-0.15, -0.1) is 0 Å².